The lowest BCUT2D eigenvalue weighted by Gasteiger charge is -2.16. The molecule has 3 heterocycles. The maximum atomic E-state index is 10.4. The molecule has 0 aliphatic carbocycles. The number of hydrogen-bond donors (Lipinski definition) is 3. The fourth-order valence-electron chi connectivity index (χ4n) is 2.79. The molecule has 10 heteroatoms. The molecule has 0 unspecified atom stereocenters. The first-order valence-electron chi connectivity index (χ1n) is 8.26. The summed E-state index contributed by atoms with van der Waals surface area (Å²) in [5, 5.41) is 23.8. The highest BCUT2D eigenvalue weighted by molar-refractivity contribution is 7.93. The zero-order valence-corrected chi connectivity index (χ0v) is 15.5. The first-order chi connectivity index (χ1) is 12.5. The van der Waals surface area contributed by atoms with Gasteiger partial charge in [0.1, 0.15) is 24.6 Å². The minimum atomic E-state index is -1.11. The third kappa shape index (κ3) is 3.84. The number of aliphatic hydroxyl groups is 2. The van der Waals surface area contributed by atoms with Crippen LogP contribution in [0.5, 0.6) is 0 Å². The quantitative estimate of drug-likeness (QED) is 0.457. The minimum absolute atomic E-state index is 0.172. The van der Waals surface area contributed by atoms with Crippen molar-refractivity contribution >= 4 is 29.0 Å². The topological polar surface area (TPSA) is 115 Å². The zero-order valence-electron chi connectivity index (χ0n) is 14.7. The molecule has 3 N–H and O–H groups in total. The fraction of sp³-hybridized carbons (Fsp3) is 0.562. The summed E-state index contributed by atoms with van der Waals surface area (Å²) >= 11 is 1.18. The van der Waals surface area contributed by atoms with Crippen molar-refractivity contribution in [2.45, 2.75) is 37.9 Å². The van der Waals surface area contributed by atoms with Crippen molar-refractivity contribution in [2.24, 2.45) is 0 Å². The Bertz CT molecular complexity index is 770. The molecule has 0 aromatic carbocycles. The molecule has 0 amide bonds. The summed E-state index contributed by atoms with van der Waals surface area (Å²) in [6, 6.07) is 0. The van der Waals surface area contributed by atoms with Crippen LogP contribution in [0.4, 0.5) is 5.82 Å². The second-order valence-electron chi connectivity index (χ2n) is 6.18. The Labute approximate surface area is 155 Å². The third-order valence-electron chi connectivity index (χ3n) is 4.16. The van der Waals surface area contributed by atoms with E-state index in [1.165, 1.54) is 24.7 Å². The molecule has 0 saturated carbocycles. The minimum Gasteiger partial charge on any atom is -0.387 e. The van der Waals surface area contributed by atoms with E-state index in [-0.39, 0.29) is 6.61 Å². The SMILES string of the molecule is C=C(C)CCNc1ncnc2c1ncn2[C@@H]1O[C@H](COSC)[C@@H](O)[C@H]1O. The van der Waals surface area contributed by atoms with Crippen LogP contribution in [0.3, 0.4) is 0 Å². The van der Waals surface area contributed by atoms with E-state index in [0.29, 0.717) is 23.5 Å². The van der Waals surface area contributed by atoms with Gasteiger partial charge in [0.2, 0.25) is 0 Å². The number of rotatable bonds is 8. The molecule has 1 fully saturated rings. The first-order valence-corrected chi connectivity index (χ1v) is 9.41. The van der Waals surface area contributed by atoms with Crippen molar-refractivity contribution in [3.8, 4) is 0 Å². The smallest absolute Gasteiger partial charge is 0.167 e. The van der Waals surface area contributed by atoms with Crippen LogP contribution in [0.1, 0.15) is 19.6 Å². The summed E-state index contributed by atoms with van der Waals surface area (Å²) in [6.07, 6.45) is 1.95. The number of anilines is 1. The van der Waals surface area contributed by atoms with E-state index in [4.69, 9.17) is 8.92 Å². The Kier molecular flexibility index (Phi) is 6.09. The van der Waals surface area contributed by atoms with Crippen molar-refractivity contribution in [3.05, 3.63) is 24.8 Å². The monoisotopic (exact) mass is 381 g/mol. The fourth-order valence-corrected chi connectivity index (χ4v) is 3.06. The van der Waals surface area contributed by atoms with E-state index in [0.717, 1.165) is 12.0 Å². The lowest BCUT2D eigenvalue weighted by molar-refractivity contribution is -0.0453. The zero-order chi connectivity index (χ0) is 18.7. The van der Waals surface area contributed by atoms with Gasteiger partial charge in [-0.1, -0.05) is 5.57 Å². The van der Waals surface area contributed by atoms with Gasteiger partial charge in [0.25, 0.3) is 0 Å². The van der Waals surface area contributed by atoms with E-state index in [1.807, 2.05) is 6.92 Å². The maximum absolute atomic E-state index is 10.4. The number of hydrogen-bond acceptors (Lipinski definition) is 9. The van der Waals surface area contributed by atoms with Crippen LogP contribution in [0.25, 0.3) is 11.2 Å². The largest absolute Gasteiger partial charge is 0.387 e. The average molecular weight is 381 g/mol. The molecule has 142 valence electrons. The van der Waals surface area contributed by atoms with Gasteiger partial charge in [-0.25, -0.2) is 15.0 Å². The van der Waals surface area contributed by atoms with Gasteiger partial charge >= 0.3 is 0 Å². The lowest BCUT2D eigenvalue weighted by atomic mass is 10.1. The Morgan fingerprint density at radius 1 is 1.38 bits per heavy atom. The molecule has 9 nitrogen and oxygen atoms in total. The van der Waals surface area contributed by atoms with Gasteiger partial charge in [0, 0.05) is 12.8 Å². The summed E-state index contributed by atoms with van der Waals surface area (Å²) in [5.41, 5.74) is 2.16. The predicted octanol–water partition coefficient (Wildman–Crippen LogP) is 1.12. The highest BCUT2D eigenvalue weighted by Gasteiger charge is 2.44. The Morgan fingerprint density at radius 3 is 2.92 bits per heavy atom. The molecule has 3 rings (SSSR count). The van der Waals surface area contributed by atoms with Crippen molar-refractivity contribution in [3.63, 3.8) is 0 Å². The van der Waals surface area contributed by atoms with Gasteiger partial charge in [0.05, 0.1) is 12.9 Å². The molecule has 1 aliphatic rings. The molecule has 1 saturated heterocycles. The van der Waals surface area contributed by atoms with Crippen LogP contribution in [0, 0.1) is 0 Å². The van der Waals surface area contributed by atoms with Crippen LogP contribution in [0.2, 0.25) is 0 Å². The number of imidazole rings is 1. The van der Waals surface area contributed by atoms with Crippen molar-refractivity contribution in [1.82, 2.24) is 19.5 Å². The maximum Gasteiger partial charge on any atom is 0.167 e. The molecule has 2 aromatic heterocycles. The van der Waals surface area contributed by atoms with Gasteiger partial charge < -0.3 is 24.4 Å². The summed E-state index contributed by atoms with van der Waals surface area (Å²) in [5.74, 6) is 0.602. The van der Waals surface area contributed by atoms with E-state index >= 15 is 0 Å². The highest BCUT2D eigenvalue weighted by Crippen LogP contribution is 2.32. The molecule has 1 aliphatic heterocycles. The Morgan fingerprint density at radius 2 is 2.19 bits per heavy atom. The molecule has 4 atom stereocenters. The molecule has 0 bridgehead atoms. The predicted molar refractivity (Wildman–Crippen MR) is 98.6 cm³/mol. The average Bonchev–Trinajstić information content (AvgIpc) is 3.16. The number of aliphatic hydroxyl groups excluding tert-OH is 2. The molecule has 26 heavy (non-hydrogen) atoms. The molecular weight excluding hydrogens is 358 g/mol. The van der Waals surface area contributed by atoms with Crippen molar-refractivity contribution < 1.29 is 19.1 Å². The van der Waals surface area contributed by atoms with Gasteiger partial charge in [-0.3, -0.25) is 4.57 Å². The number of ether oxygens (including phenoxy) is 1. The second-order valence-corrected chi connectivity index (χ2v) is 6.75. The van der Waals surface area contributed by atoms with Gasteiger partial charge in [-0.05, 0) is 25.4 Å². The van der Waals surface area contributed by atoms with E-state index in [9.17, 15) is 10.2 Å². The Hall–Kier alpha value is -1.72. The number of aromatic nitrogens is 4. The van der Waals surface area contributed by atoms with Crippen molar-refractivity contribution in [1.29, 1.82) is 0 Å². The number of fused-ring (bicyclic) bond motifs is 1. The van der Waals surface area contributed by atoms with Gasteiger partial charge in [-0.15, -0.1) is 6.58 Å². The van der Waals surface area contributed by atoms with E-state index in [1.54, 1.807) is 10.8 Å². The standard InChI is InChI=1S/C16H23N5O4S/c1-9(2)4-5-17-14-11-15(19-7-18-14)21(8-20-11)16-13(23)12(22)10(25-16)6-24-26-3/h7-8,10,12-13,16,22-23H,1,4-6H2,2-3H3,(H,17,18,19)/t10-,12-,13-,16-/m1/s1. The normalized spacial score (nSPS) is 25.7. The van der Waals surface area contributed by atoms with Crippen molar-refractivity contribution in [2.75, 3.05) is 24.7 Å². The lowest BCUT2D eigenvalue weighted by Crippen LogP contribution is -2.33. The summed E-state index contributed by atoms with van der Waals surface area (Å²) < 4.78 is 12.6. The number of nitrogens with one attached hydrogen (secondary N) is 1. The van der Waals surface area contributed by atoms with Crippen LogP contribution in [-0.2, 0) is 8.92 Å². The first kappa shape index (κ1) is 19.1. The highest BCUT2D eigenvalue weighted by atomic mass is 32.2. The van der Waals surface area contributed by atoms with Gasteiger partial charge in [0.15, 0.2) is 23.2 Å². The summed E-state index contributed by atoms with van der Waals surface area (Å²) in [7, 11) is 0. The third-order valence-corrected chi connectivity index (χ3v) is 4.54. The molecule has 0 radical (unpaired) electrons. The molecule has 0 spiro atoms. The second kappa shape index (κ2) is 8.31. The van der Waals surface area contributed by atoms with E-state index < -0.39 is 24.5 Å². The number of nitrogens with zero attached hydrogens (tertiary/aromatic N) is 4. The van der Waals surface area contributed by atoms with Gasteiger partial charge in [-0.2, -0.15) is 0 Å². The van der Waals surface area contributed by atoms with Crippen LogP contribution in [0.15, 0.2) is 24.8 Å². The van der Waals surface area contributed by atoms with Crippen LogP contribution < -0.4 is 5.32 Å². The summed E-state index contributed by atoms with van der Waals surface area (Å²) in [6.45, 7) is 6.70. The van der Waals surface area contributed by atoms with Crippen LogP contribution in [-0.4, -0.2) is 67.5 Å². The summed E-state index contributed by atoms with van der Waals surface area (Å²) in [4.78, 5) is 12.8. The Balaban J connectivity index is 1.81. The molecule has 2 aromatic rings. The molecular formula is C16H23N5O4S. The van der Waals surface area contributed by atoms with Crippen LogP contribution >= 0.6 is 12.0 Å². The van der Waals surface area contributed by atoms with E-state index in [2.05, 4.69) is 26.8 Å².